The predicted molar refractivity (Wildman–Crippen MR) is 102 cm³/mol. The third-order valence-electron chi connectivity index (χ3n) is 4.84. The van der Waals surface area contributed by atoms with Crippen LogP contribution >= 0.6 is 23.2 Å². The van der Waals surface area contributed by atoms with Crippen LogP contribution in [-0.4, -0.2) is 47.8 Å². The van der Waals surface area contributed by atoms with Crippen molar-refractivity contribution in [3.63, 3.8) is 0 Å². The summed E-state index contributed by atoms with van der Waals surface area (Å²) < 4.78 is 23.7. The average Bonchev–Trinajstić information content (AvgIpc) is 2.71. The largest absolute Gasteiger partial charge is 0.394 e. The number of ether oxygens (including phenoxy) is 4. The van der Waals surface area contributed by atoms with Gasteiger partial charge in [0.25, 0.3) is 0 Å². The molecule has 6 atom stereocenters. The summed E-state index contributed by atoms with van der Waals surface area (Å²) in [5, 5.41) is 21.7. The van der Waals surface area contributed by atoms with E-state index in [2.05, 4.69) is 0 Å². The molecule has 6 nitrogen and oxygen atoms in total. The fourth-order valence-electron chi connectivity index (χ4n) is 3.33. The van der Waals surface area contributed by atoms with Gasteiger partial charge in [-0.05, 0) is 24.3 Å². The van der Waals surface area contributed by atoms with Gasteiger partial charge in [0.2, 0.25) is 0 Å². The molecule has 2 N–H and O–H groups in total. The zero-order chi connectivity index (χ0) is 19.7. The lowest BCUT2D eigenvalue weighted by Gasteiger charge is -2.45. The molecule has 150 valence electrons. The van der Waals surface area contributed by atoms with Crippen molar-refractivity contribution in [2.75, 3.05) is 13.2 Å². The fraction of sp³-hybridized carbons (Fsp3) is 0.400. The Hall–Kier alpha value is -1.22. The van der Waals surface area contributed by atoms with Gasteiger partial charge in [0, 0.05) is 21.2 Å². The summed E-state index contributed by atoms with van der Waals surface area (Å²) in [6, 6.07) is 14.1. The summed E-state index contributed by atoms with van der Waals surface area (Å²) >= 11 is 11.9. The van der Waals surface area contributed by atoms with Gasteiger partial charge in [-0.3, -0.25) is 0 Å². The molecule has 2 aliphatic heterocycles. The molecule has 2 aromatic rings. The maximum Gasteiger partial charge on any atom is 0.184 e. The molecule has 2 fully saturated rings. The fourth-order valence-corrected chi connectivity index (χ4v) is 3.58. The van der Waals surface area contributed by atoms with Gasteiger partial charge in [-0.1, -0.05) is 47.5 Å². The number of hydrogen-bond acceptors (Lipinski definition) is 6. The van der Waals surface area contributed by atoms with Gasteiger partial charge < -0.3 is 29.2 Å². The molecule has 2 saturated heterocycles. The van der Waals surface area contributed by atoms with Crippen molar-refractivity contribution in [3.05, 3.63) is 69.7 Å². The van der Waals surface area contributed by atoms with Crippen LogP contribution in [-0.2, 0) is 18.9 Å². The second-order valence-electron chi connectivity index (χ2n) is 6.72. The summed E-state index contributed by atoms with van der Waals surface area (Å²) in [5.74, 6) is 0. The molecule has 0 saturated carbocycles. The maximum atomic E-state index is 10.6. The normalized spacial score (nSPS) is 33.1. The van der Waals surface area contributed by atoms with E-state index in [1.54, 1.807) is 48.5 Å². The first-order valence-electron chi connectivity index (χ1n) is 8.93. The molecule has 0 radical (unpaired) electrons. The summed E-state index contributed by atoms with van der Waals surface area (Å²) in [6.45, 7) is -0.258. The Labute approximate surface area is 172 Å². The number of aliphatic hydroxyl groups is 2. The standard InChI is InChI=1S/C20H20Cl2O6/c21-13-5-1-11(2-6-13)19-25-10-16-17(24)18(15(9-23)26-19)28-20(27-16)12-3-7-14(22)8-4-12/h1-8,15-20,23-24H,9-10H2/t15-,16+,17+,18+,19?,20?/m0/s1. The van der Waals surface area contributed by atoms with Crippen LogP contribution < -0.4 is 0 Å². The molecule has 2 heterocycles. The highest BCUT2D eigenvalue weighted by Gasteiger charge is 2.46. The van der Waals surface area contributed by atoms with Crippen molar-refractivity contribution in [2.45, 2.75) is 37.0 Å². The monoisotopic (exact) mass is 426 g/mol. The first-order valence-corrected chi connectivity index (χ1v) is 9.68. The minimum Gasteiger partial charge on any atom is -0.394 e. The van der Waals surface area contributed by atoms with Crippen molar-refractivity contribution in [1.29, 1.82) is 0 Å². The number of benzene rings is 2. The molecule has 4 rings (SSSR count). The van der Waals surface area contributed by atoms with E-state index in [1.165, 1.54) is 0 Å². The molecule has 8 heteroatoms. The number of aliphatic hydroxyl groups excluding tert-OH is 2. The molecule has 2 unspecified atom stereocenters. The van der Waals surface area contributed by atoms with Crippen LogP contribution in [0.25, 0.3) is 0 Å². The highest BCUT2D eigenvalue weighted by molar-refractivity contribution is 6.30. The average molecular weight is 427 g/mol. The van der Waals surface area contributed by atoms with Crippen molar-refractivity contribution < 1.29 is 29.2 Å². The van der Waals surface area contributed by atoms with E-state index < -0.39 is 37.0 Å². The molecular weight excluding hydrogens is 407 g/mol. The Morgan fingerprint density at radius 3 is 1.96 bits per heavy atom. The van der Waals surface area contributed by atoms with Gasteiger partial charge in [0.05, 0.1) is 13.2 Å². The quantitative estimate of drug-likeness (QED) is 0.784. The predicted octanol–water partition coefficient (Wildman–Crippen LogP) is 3.24. The van der Waals surface area contributed by atoms with Gasteiger partial charge in [-0.25, -0.2) is 0 Å². The molecule has 0 aromatic heterocycles. The highest BCUT2D eigenvalue weighted by Crippen LogP contribution is 2.37. The number of fused-ring (bicyclic) bond motifs is 2. The van der Waals surface area contributed by atoms with Gasteiger partial charge in [0.1, 0.15) is 24.4 Å². The van der Waals surface area contributed by atoms with Crippen molar-refractivity contribution in [2.24, 2.45) is 0 Å². The third kappa shape index (κ3) is 4.20. The van der Waals surface area contributed by atoms with E-state index in [1.807, 2.05) is 0 Å². The smallest absolute Gasteiger partial charge is 0.184 e. The van der Waals surface area contributed by atoms with Crippen LogP contribution in [0.1, 0.15) is 23.7 Å². The molecule has 2 aliphatic rings. The van der Waals surface area contributed by atoms with Gasteiger partial charge in [-0.2, -0.15) is 0 Å². The van der Waals surface area contributed by atoms with Crippen molar-refractivity contribution >= 4 is 23.2 Å². The number of rotatable bonds is 3. The summed E-state index contributed by atoms with van der Waals surface area (Å²) in [5.41, 5.74) is 1.49. The lowest BCUT2D eigenvalue weighted by atomic mass is 10.00. The van der Waals surface area contributed by atoms with Crippen molar-refractivity contribution in [3.8, 4) is 0 Å². The van der Waals surface area contributed by atoms with E-state index in [9.17, 15) is 10.2 Å². The first kappa shape index (κ1) is 20.1. The zero-order valence-corrected chi connectivity index (χ0v) is 16.3. The van der Waals surface area contributed by atoms with Crippen LogP contribution in [0.5, 0.6) is 0 Å². The van der Waals surface area contributed by atoms with E-state index >= 15 is 0 Å². The van der Waals surface area contributed by atoms with E-state index in [0.29, 0.717) is 10.0 Å². The zero-order valence-electron chi connectivity index (χ0n) is 14.8. The van der Waals surface area contributed by atoms with E-state index in [4.69, 9.17) is 42.1 Å². The summed E-state index contributed by atoms with van der Waals surface area (Å²) in [7, 11) is 0. The Kier molecular flexibility index (Phi) is 6.20. The third-order valence-corrected chi connectivity index (χ3v) is 5.34. The Morgan fingerprint density at radius 1 is 0.821 bits per heavy atom. The minimum absolute atomic E-state index is 0.0938. The van der Waals surface area contributed by atoms with Crippen LogP contribution in [0.4, 0.5) is 0 Å². The van der Waals surface area contributed by atoms with Gasteiger partial charge >= 0.3 is 0 Å². The van der Waals surface area contributed by atoms with Crippen LogP contribution in [0.2, 0.25) is 10.0 Å². The molecule has 0 aliphatic carbocycles. The number of hydrogen-bond donors (Lipinski definition) is 2. The topological polar surface area (TPSA) is 77.4 Å². The molecule has 2 bridgehead atoms. The molecule has 2 aromatic carbocycles. The van der Waals surface area contributed by atoms with Crippen LogP contribution in [0.3, 0.4) is 0 Å². The summed E-state index contributed by atoms with van der Waals surface area (Å²) in [6.07, 6.45) is -4.73. The van der Waals surface area contributed by atoms with Crippen LogP contribution in [0, 0.1) is 0 Å². The molecule has 28 heavy (non-hydrogen) atoms. The lowest BCUT2D eigenvalue weighted by molar-refractivity contribution is -0.352. The van der Waals surface area contributed by atoms with Crippen LogP contribution in [0.15, 0.2) is 48.5 Å². The maximum absolute atomic E-state index is 10.6. The Morgan fingerprint density at radius 2 is 1.39 bits per heavy atom. The Balaban J connectivity index is 1.57. The first-order chi connectivity index (χ1) is 13.5. The second-order valence-corrected chi connectivity index (χ2v) is 7.60. The van der Waals surface area contributed by atoms with Crippen molar-refractivity contribution in [1.82, 2.24) is 0 Å². The molecule has 0 amide bonds. The summed E-state index contributed by atoms with van der Waals surface area (Å²) in [4.78, 5) is 0. The minimum atomic E-state index is -1.01. The lowest BCUT2D eigenvalue weighted by Crippen LogP contribution is -2.57. The van der Waals surface area contributed by atoms with E-state index in [-0.39, 0.29) is 13.2 Å². The van der Waals surface area contributed by atoms with Gasteiger partial charge in [-0.15, -0.1) is 0 Å². The second kappa shape index (κ2) is 8.65. The van der Waals surface area contributed by atoms with Gasteiger partial charge in [0.15, 0.2) is 12.6 Å². The highest BCUT2D eigenvalue weighted by atomic mass is 35.5. The number of halogens is 2. The molecular formula is C20H20Cl2O6. The SMILES string of the molecule is OC[C@@H]1OC(c2ccc(Cl)cc2)OC[C@H]2OC(c3ccc(Cl)cc3)O[C@H]1[C@@H]2O. The molecule has 0 spiro atoms. The Bertz CT molecular complexity index is 739. The van der Waals surface area contributed by atoms with E-state index in [0.717, 1.165) is 11.1 Å².